The summed E-state index contributed by atoms with van der Waals surface area (Å²) in [5, 5.41) is 18.9. The summed E-state index contributed by atoms with van der Waals surface area (Å²) in [5.41, 5.74) is -2.01. The Balaban J connectivity index is 0.00000280. The molecule has 1 aromatic heterocycles. The van der Waals surface area contributed by atoms with Gasteiger partial charge in [0.2, 0.25) is 0 Å². The average molecular weight is 505 g/mol. The van der Waals surface area contributed by atoms with Crippen molar-refractivity contribution in [3.8, 4) is 0 Å². The van der Waals surface area contributed by atoms with Crippen LogP contribution in [-0.4, -0.2) is 60.1 Å². The first-order chi connectivity index (χ1) is 12.8. The number of hydrogen-bond donors (Lipinski definition) is 4. The molecular weight excluding hydrogens is 477 g/mol. The van der Waals surface area contributed by atoms with Gasteiger partial charge in [-0.2, -0.15) is 0 Å². The van der Waals surface area contributed by atoms with Gasteiger partial charge in [0.25, 0.3) is 5.91 Å². The molecule has 2 aliphatic heterocycles. The monoisotopic (exact) mass is 505 g/mol. The summed E-state index contributed by atoms with van der Waals surface area (Å²) in [7, 11) is 1.70. The first kappa shape index (κ1) is 22.5. The van der Waals surface area contributed by atoms with E-state index >= 15 is 0 Å². The Hall–Kier alpha value is -1.82. The number of halogens is 1. The van der Waals surface area contributed by atoms with Crippen LogP contribution in [0.2, 0.25) is 0 Å². The van der Waals surface area contributed by atoms with Gasteiger partial charge in [-0.05, 0) is 44.7 Å². The van der Waals surface area contributed by atoms with Gasteiger partial charge in [0.15, 0.2) is 5.96 Å². The van der Waals surface area contributed by atoms with Crippen molar-refractivity contribution in [2.24, 2.45) is 10.9 Å². The summed E-state index contributed by atoms with van der Waals surface area (Å²) in [4.78, 5) is 30.0. The van der Waals surface area contributed by atoms with Gasteiger partial charge in [-0.3, -0.25) is 15.1 Å². The maximum atomic E-state index is 12.1. The number of nitrogens with zero attached hydrogens (tertiary/aromatic N) is 2. The highest BCUT2D eigenvalue weighted by molar-refractivity contribution is 14.0. The molecule has 0 spiro atoms. The quantitative estimate of drug-likeness (QED) is 0.210. The Kier molecular flexibility index (Phi) is 6.97. The number of hydrogen-bond acceptors (Lipinski definition) is 5. The summed E-state index contributed by atoms with van der Waals surface area (Å²) < 4.78 is 5.29. The number of likely N-dealkylation sites (tertiary alicyclic amines) is 1. The third kappa shape index (κ3) is 4.43. The Morgan fingerprint density at radius 3 is 2.64 bits per heavy atom. The molecule has 9 nitrogen and oxygen atoms in total. The van der Waals surface area contributed by atoms with Crippen molar-refractivity contribution in [2.75, 3.05) is 26.7 Å². The molecule has 1 aromatic rings. The normalized spacial score (nSPS) is 25.6. The summed E-state index contributed by atoms with van der Waals surface area (Å²) in [6, 6.07) is 3.04. The number of piperidine rings is 1. The lowest BCUT2D eigenvalue weighted by Crippen LogP contribution is -2.56. The molecule has 4 N–H and O–H groups in total. The van der Waals surface area contributed by atoms with Crippen molar-refractivity contribution in [2.45, 2.75) is 37.8 Å². The SMILES string of the molecule is CN=C(NCC(C)(O)c1ccco1)N1CCC(C2(C)NC(=O)NC2=O)CC1.I. The molecule has 2 aliphatic rings. The average Bonchev–Trinajstić information content (AvgIpc) is 3.25. The molecule has 156 valence electrons. The molecule has 2 unspecified atom stereocenters. The lowest BCUT2D eigenvalue weighted by atomic mass is 9.79. The fraction of sp³-hybridized carbons (Fsp3) is 0.611. The molecule has 28 heavy (non-hydrogen) atoms. The van der Waals surface area contributed by atoms with E-state index in [1.54, 1.807) is 33.0 Å². The van der Waals surface area contributed by atoms with Gasteiger partial charge >= 0.3 is 6.03 Å². The third-order valence-electron chi connectivity index (χ3n) is 5.54. The maximum absolute atomic E-state index is 12.1. The second-order valence-corrected chi connectivity index (χ2v) is 7.52. The van der Waals surface area contributed by atoms with Gasteiger partial charge < -0.3 is 25.1 Å². The summed E-state index contributed by atoms with van der Waals surface area (Å²) >= 11 is 0. The van der Waals surface area contributed by atoms with E-state index in [2.05, 4.69) is 25.8 Å². The van der Waals surface area contributed by atoms with Crippen LogP contribution in [0.5, 0.6) is 0 Å². The Bertz CT molecular complexity index is 728. The lowest BCUT2D eigenvalue weighted by Gasteiger charge is -2.40. The Morgan fingerprint density at radius 1 is 1.46 bits per heavy atom. The first-order valence-corrected chi connectivity index (χ1v) is 9.12. The lowest BCUT2D eigenvalue weighted by molar-refractivity contribution is -0.125. The predicted molar refractivity (Wildman–Crippen MR) is 114 cm³/mol. The second kappa shape index (κ2) is 8.68. The van der Waals surface area contributed by atoms with Gasteiger partial charge in [0.1, 0.15) is 16.9 Å². The van der Waals surface area contributed by atoms with Crippen molar-refractivity contribution in [3.05, 3.63) is 24.2 Å². The number of aliphatic imine (C=N–C) groups is 1. The van der Waals surface area contributed by atoms with Crippen LogP contribution < -0.4 is 16.0 Å². The molecule has 0 aromatic carbocycles. The smallest absolute Gasteiger partial charge is 0.322 e. The Morgan fingerprint density at radius 2 is 2.14 bits per heavy atom. The van der Waals surface area contributed by atoms with Gasteiger partial charge in [-0.1, -0.05) is 0 Å². The van der Waals surface area contributed by atoms with E-state index in [-0.39, 0.29) is 42.3 Å². The zero-order chi connectivity index (χ0) is 19.7. The number of rotatable bonds is 4. The van der Waals surface area contributed by atoms with E-state index in [0.717, 1.165) is 12.8 Å². The number of furan rings is 1. The minimum atomic E-state index is -1.16. The van der Waals surface area contributed by atoms with Crippen LogP contribution in [0.15, 0.2) is 27.8 Å². The molecule has 2 fully saturated rings. The molecule has 3 amide bonds. The zero-order valence-corrected chi connectivity index (χ0v) is 18.6. The van der Waals surface area contributed by atoms with Crippen LogP contribution in [0.4, 0.5) is 4.79 Å². The number of imide groups is 1. The topological polar surface area (TPSA) is 119 Å². The molecule has 2 saturated heterocycles. The summed E-state index contributed by atoms with van der Waals surface area (Å²) in [6.07, 6.45) is 3.03. The van der Waals surface area contributed by atoms with Crippen LogP contribution in [-0.2, 0) is 10.4 Å². The predicted octanol–water partition coefficient (Wildman–Crippen LogP) is 0.991. The number of guanidine groups is 1. The van der Waals surface area contributed by atoms with Gasteiger partial charge in [-0.15, -0.1) is 24.0 Å². The minimum absolute atomic E-state index is 0. The molecule has 0 bridgehead atoms. The maximum Gasteiger partial charge on any atom is 0.322 e. The first-order valence-electron chi connectivity index (χ1n) is 9.12. The van der Waals surface area contributed by atoms with E-state index in [0.29, 0.717) is 24.8 Å². The van der Waals surface area contributed by atoms with Gasteiger partial charge in [0.05, 0.1) is 12.8 Å². The third-order valence-corrected chi connectivity index (χ3v) is 5.54. The van der Waals surface area contributed by atoms with Crippen molar-refractivity contribution >= 4 is 41.9 Å². The fourth-order valence-electron chi connectivity index (χ4n) is 3.77. The Labute approximate surface area is 181 Å². The van der Waals surface area contributed by atoms with Crippen LogP contribution >= 0.6 is 24.0 Å². The van der Waals surface area contributed by atoms with Gasteiger partial charge in [-0.25, -0.2) is 4.79 Å². The number of carbonyl (C=O) groups excluding carboxylic acids is 2. The number of carbonyl (C=O) groups is 2. The number of urea groups is 1. The van der Waals surface area contributed by atoms with Crippen LogP contribution in [0.3, 0.4) is 0 Å². The molecule has 0 radical (unpaired) electrons. The highest BCUT2D eigenvalue weighted by atomic mass is 127. The van der Waals surface area contributed by atoms with Crippen LogP contribution in [0, 0.1) is 5.92 Å². The highest BCUT2D eigenvalue weighted by Crippen LogP contribution is 2.30. The van der Waals surface area contributed by atoms with E-state index in [9.17, 15) is 14.7 Å². The van der Waals surface area contributed by atoms with Crippen molar-refractivity contribution < 1.29 is 19.1 Å². The molecule has 0 aliphatic carbocycles. The van der Waals surface area contributed by atoms with E-state index in [1.165, 1.54) is 6.26 Å². The van der Waals surface area contributed by atoms with Gasteiger partial charge in [0, 0.05) is 20.1 Å². The summed E-state index contributed by atoms with van der Waals surface area (Å²) in [5.74, 6) is 0.970. The van der Waals surface area contributed by atoms with Crippen molar-refractivity contribution in [1.82, 2.24) is 20.9 Å². The van der Waals surface area contributed by atoms with Crippen LogP contribution in [0.25, 0.3) is 0 Å². The molecule has 0 saturated carbocycles. The van der Waals surface area contributed by atoms with Crippen molar-refractivity contribution in [3.63, 3.8) is 0 Å². The van der Waals surface area contributed by atoms with E-state index in [4.69, 9.17) is 4.42 Å². The molecule has 3 rings (SSSR count). The number of aliphatic hydroxyl groups is 1. The summed E-state index contributed by atoms with van der Waals surface area (Å²) in [6.45, 7) is 5.11. The number of nitrogens with one attached hydrogen (secondary N) is 3. The van der Waals surface area contributed by atoms with E-state index in [1.807, 2.05) is 0 Å². The van der Waals surface area contributed by atoms with Crippen molar-refractivity contribution in [1.29, 1.82) is 0 Å². The zero-order valence-electron chi connectivity index (χ0n) is 16.3. The highest BCUT2D eigenvalue weighted by Gasteiger charge is 2.48. The second-order valence-electron chi connectivity index (χ2n) is 7.52. The van der Waals surface area contributed by atoms with Crippen LogP contribution in [0.1, 0.15) is 32.4 Å². The standard InChI is InChI=1S/C18H27N5O4.HI/c1-17(26,13-5-4-10-27-13)11-20-15(19-3)23-8-6-12(7-9-23)18(2)14(24)21-16(25)22-18;/h4-5,10,12,26H,6-9,11H2,1-3H3,(H,19,20)(H2,21,22,24,25);1H. The van der Waals surface area contributed by atoms with E-state index < -0.39 is 17.2 Å². The molecule has 3 heterocycles. The minimum Gasteiger partial charge on any atom is -0.466 e. The number of amides is 3. The fourth-order valence-corrected chi connectivity index (χ4v) is 3.77. The molecular formula is C18H28IN5O4. The molecule has 10 heteroatoms. The largest absolute Gasteiger partial charge is 0.466 e. The molecule has 2 atom stereocenters.